The summed E-state index contributed by atoms with van der Waals surface area (Å²) >= 11 is 0. The van der Waals surface area contributed by atoms with Gasteiger partial charge in [0.1, 0.15) is 0 Å². The van der Waals surface area contributed by atoms with Crippen LogP contribution in [0.5, 0.6) is 0 Å². The van der Waals surface area contributed by atoms with Crippen molar-refractivity contribution in [3.63, 3.8) is 0 Å². The molecule has 0 saturated carbocycles. The Kier molecular flexibility index (Phi) is 7.84. The van der Waals surface area contributed by atoms with Crippen LogP contribution in [0.15, 0.2) is 206 Å². The van der Waals surface area contributed by atoms with Gasteiger partial charge in [0.05, 0.1) is 11.4 Å². The molecule has 0 aliphatic carbocycles. The van der Waals surface area contributed by atoms with Gasteiger partial charge in [0.15, 0.2) is 0 Å². The molecule has 9 aromatic carbocycles. The topological polar surface area (TPSA) is 18.5 Å². The molecule has 242 valence electrons. The molecule has 0 bridgehead atoms. The zero-order valence-electron chi connectivity index (χ0n) is 28.0. The fourth-order valence-corrected chi connectivity index (χ4v) is 7.27. The molecule has 9 aromatic rings. The van der Waals surface area contributed by atoms with Crippen LogP contribution in [-0.4, -0.2) is 0 Å². The molecule has 0 saturated heterocycles. The molecule has 0 aliphatic heterocycles. The van der Waals surface area contributed by atoms with E-state index in [9.17, 15) is 0 Å². The fraction of sp³-hybridized carbons (Fsp3) is 0. The number of hydrogen-bond acceptors (Lipinski definition) is 3. The summed E-state index contributed by atoms with van der Waals surface area (Å²) in [5, 5.41) is 11.3. The second-order valence-electron chi connectivity index (χ2n) is 12.7. The third-order valence-corrected chi connectivity index (χ3v) is 9.51. The summed E-state index contributed by atoms with van der Waals surface area (Å²) < 4.78 is 0. The summed E-state index contributed by atoms with van der Waals surface area (Å²) in [5.41, 5.74) is 8.44. The Balaban J connectivity index is 1.30. The molecule has 0 amide bonds. The maximum absolute atomic E-state index is 3.72. The van der Waals surface area contributed by atoms with Crippen LogP contribution < -0.4 is 15.1 Å². The summed E-state index contributed by atoms with van der Waals surface area (Å²) in [4.78, 5) is 4.69. The van der Waals surface area contributed by atoms with Crippen LogP contribution in [0, 0.1) is 0 Å². The smallest absolute Gasteiger partial charge is 0.0503 e. The Morgan fingerprint density at radius 1 is 0.235 bits per heavy atom. The van der Waals surface area contributed by atoms with Crippen molar-refractivity contribution in [2.75, 3.05) is 15.1 Å². The first-order valence-corrected chi connectivity index (χ1v) is 17.4. The lowest BCUT2D eigenvalue weighted by Crippen LogP contribution is -2.14. The molecule has 0 radical (unpaired) electrons. The minimum Gasteiger partial charge on any atom is -0.355 e. The van der Waals surface area contributed by atoms with Crippen LogP contribution in [0.25, 0.3) is 32.3 Å². The van der Waals surface area contributed by atoms with E-state index in [1.807, 2.05) is 6.07 Å². The van der Waals surface area contributed by atoms with Crippen molar-refractivity contribution in [2.45, 2.75) is 0 Å². The summed E-state index contributed by atoms with van der Waals surface area (Å²) in [7, 11) is 0. The Morgan fingerprint density at radius 3 is 1.08 bits per heavy atom. The number of anilines is 8. The Bertz CT molecular complexity index is 2530. The highest BCUT2D eigenvalue weighted by Crippen LogP contribution is 2.44. The molecule has 0 unspecified atom stereocenters. The Hall–Kier alpha value is -6.84. The van der Waals surface area contributed by atoms with Crippen molar-refractivity contribution in [1.29, 1.82) is 0 Å². The van der Waals surface area contributed by atoms with Gasteiger partial charge in [0.25, 0.3) is 0 Å². The molecule has 0 heterocycles. The van der Waals surface area contributed by atoms with Crippen molar-refractivity contribution in [2.24, 2.45) is 0 Å². The number of para-hydroxylation sites is 4. The van der Waals surface area contributed by atoms with Crippen LogP contribution in [-0.2, 0) is 0 Å². The molecular weight excluding hydrogens is 619 g/mol. The third kappa shape index (κ3) is 5.81. The molecule has 0 spiro atoms. The number of nitrogens with one attached hydrogen (secondary N) is 1. The van der Waals surface area contributed by atoms with E-state index in [1.54, 1.807) is 0 Å². The van der Waals surface area contributed by atoms with E-state index >= 15 is 0 Å². The number of fused-ring (bicyclic) bond motifs is 6. The van der Waals surface area contributed by atoms with Gasteiger partial charge >= 0.3 is 0 Å². The first-order chi connectivity index (χ1) is 25.3. The lowest BCUT2D eigenvalue weighted by Gasteiger charge is -2.30. The molecule has 1 N–H and O–H groups in total. The van der Waals surface area contributed by atoms with Crippen LogP contribution in [0.3, 0.4) is 0 Å². The SMILES string of the molecule is c1ccc(Nc2cc(N(c3ccccc3)c3ccccc3)cc(N(c3ccccc3)c3ccc4c5ccccc5c5ccccc5c4c3)c2)cc1. The Labute approximate surface area is 298 Å². The quantitative estimate of drug-likeness (QED) is 0.165. The van der Waals surface area contributed by atoms with Crippen molar-refractivity contribution in [3.05, 3.63) is 206 Å². The highest BCUT2D eigenvalue weighted by molar-refractivity contribution is 6.25. The number of hydrogen-bond donors (Lipinski definition) is 1. The van der Waals surface area contributed by atoms with E-state index in [-0.39, 0.29) is 0 Å². The van der Waals surface area contributed by atoms with E-state index in [0.717, 1.165) is 45.5 Å². The fourth-order valence-electron chi connectivity index (χ4n) is 7.27. The predicted octanol–water partition coefficient (Wildman–Crippen LogP) is 13.8. The summed E-state index contributed by atoms with van der Waals surface area (Å²) in [6.45, 7) is 0. The molecule has 0 fully saturated rings. The van der Waals surface area contributed by atoms with Crippen molar-refractivity contribution < 1.29 is 0 Å². The monoisotopic (exact) mass is 653 g/mol. The summed E-state index contributed by atoms with van der Waals surface area (Å²) in [6.07, 6.45) is 0. The van der Waals surface area contributed by atoms with Gasteiger partial charge < -0.3 is 15.1 Å². The first kappa shape index (κ1) is 30.2. The summed E-state index contributed by atoms with van der Waals surface area (Å²) in [5.74, 6) is 0. The minimum atomic E-state index is 0.990. The zero-order chi connectivity index (χ0) is 34.0. The highest BCUT2D eigenvalue weighted by atomic mass is 15.2. The second kappa shape index (κ2) is 13.2. The lowest BCUT2D eigenvalue weighted by molar-refractivity contribution is 1.25. The van der Waals surface area contributed by atoms with Crippen molar-refractivity contribution in [1.82, 2.24) is 0 Å². The van der Waals surface area contributed by atoms with E-state index in [0.29, 0.717) is 0 Å². The van der Waals surface area contributed by atoms with Gasteiger partial charge in [-0.3, -0.25) is 0 Å². The molecule has 3 heteroatoms. The first-order valence-electron chi connectivity index (χ1n) is 17.4. The van der Waals surface area contributed by atoms with Crippen LogP contribution in [0.4, 0.5) is 45.5 Å². The number of benzene rings is 9. The lowest BCUT2D eigenvalue weighted by atomic mass is 9.94. The average molecular weight is 654 g/mol. The van der Waals surface area contributed by atoms with Crippen LogP contribution in [0.1, 0.15) is 0 Å². The van der Waals surface area contributed by atoms with Crippen molar-refractivity contribution in [3.8, 4) is 0 Å². The molecular formula is C48H35N3. The molecule has 9 rings (SSSR count). The molecule has 51 heavy (non-hydrogen) atoms. The van der Waals surface area contributed by atoms with Gasteiger partial charge in [-0.25, -0.2) is 0 Å². The minimum absolute atomic E-state index is 0.990. The van der Waals surface area contributed by atoms with Gasteiger partial charge in [-0.05, 0) is 111 Å². The van der Waals surface area contributed by atoms with Gasteiger partial charge in [0, 0.05) is 34.1 Å². The van der Waals surface area contributed by atoms with E-state index in [2.05, 4.69) is 215 Å². The standard InChI is InChI=1S/C48H35N3/c1-5-17-35(18-6-1)49-36-31-41(50(37-19-7-2-8-20-37)38-21-9-3-10-22-38)33-42(32-36)51(39-23-11-4-12-24-39)40-29-30-47-45-27-14-13-25-43(45)44-26-15-16-28-46(44)48(47)34-40/h1-34,49H. The average Bonchev–Trinajstić information content (AvgIpc) is 3.20. The third-order valence-electron chi connectivity index (χ3n) is 9.51. The maximum Gasteiger partial charge on any atom is 0.0503 e. The van der Waals surface area contributed by atoms with Gasteiger partial charge in [0.2, 0.25) is 0 Å². The predicted molar refractivity (Wildman–Crippen MR) is 218 cm³/mol. The normalized spacial score (nSPS) is 11.1. The van der Waals surface area contributed by atoms with E-state index in [4.69, 9.17) is 0 Å². The van der Waals surface area contributed by atoms with E-state index in [1.165, 1.54) is 32.3 Å². The molecule has 0 aliphatic rings. The number of nitrogens with zero attached hydrogens (tertiary/aromatic N) is 2. The largest absolute Gasteiger partial charge is 0.355 e. The molecule has 3 nitrogen and oxygen atoms in total. The maximum atomic E-state index is 3.72. The van der Waals surface area contributed by atoms with Gasteiger partial charge in [-0.1, -0.05) is 127 Å². The molecule has 0 atom stereocenters. The van der Waals surface area contributed by atoms with Gasteiger partial charge in [-0.2, -0.15) is 0 Å². The highest BCUT2D eigenvalue weighted by Gasteiger charge is 2.20. The van der Waals surface area contributed by atoms with Crippen molar-refractivity contribution >= 4 is 77.8 Å². The number of rotatable bonds is 8. The second-order valence-corrected chi connectivity index (χ2v) is 12.7. The summed E-state index contributed by atoms with van der Waals surface area (Å²) in [6, 6.07) is 73.4. The Morgan fingerprint density at radius 2 is 0.608 bits per heavy atom. The van der Waals surface area contributed by atoms with Crippen LogP contribution in [0.2, 0.25) is 0 Å². The van der Waals surface area contributed by atoms with Gasteiger partial charge in [-0.15, -0.1) is 0 Å². The zero-order valence-corrected chi connectivity index (χ0v) is 28.0. The van der Waals surface area contributed by atoms with Crippen LogP contribution >= 0.6 is 0 Å². The molecule has 0 aromatic heterocycles. The van der Waals surface area contributed by atoms with E-state index < -0.39 is 0 Å².